The number of methoxy groups -OCH3 is 1. The molecule has 28 heavy (non-hydrogen) atoms. The number of hydrogen-bond acceptors (Lipinski definition) is 7. The van der Waals surface area contributed by atoms with Gasteiger partial charge in [0.1, 0.15) is 0 Å². The Morgan fingerprint density at radius 1 is 1.32 bits per heavy atom. The zero-order chi connectivity index (χ0) is 20.1. The predicted octanol–water partition coefficient (Wildman–Crippen LogP) is 4.33. The molecule has 0 fully saturated rings. The molecule has 1 aliphatic heterocycles. The third kappa shape index (κ3) is 4.35. The second-order valence-electron chi connectivity index (χ2n) is 6.43. The number of fused-ring (bicyclic) bond motifs is 1. The van der Waals surface area contributed by atoms with Gasteiger partial charge >= 0.3 is 6.09 Å². The summed E-state index contributed by atoms with van der Waals surface area (Å²) in [5, 5.41) is 3.36. The van der Waals surface area contributed by atoms with Crippen LogP contribution in [0.3, 0.4) is 0 Å². The minimum atomic E-state index is -0.354. The maximum atomic E-state index is 12.7. The molecular formula is C19H24BrN5O3. The number of pyridine rings is 1. The maximum Gasteiger partial charge on any atom is 0.414 e. The first-order valence-corrected chi connectivity index (χ1v) is 10.1. The van der Waals surface area contributed by atoms with E-state index in [1.54, 1.807) is 37.4 Å². The van der Waals surface area contributed by atoms with Gasteiger partial charge in [-0.1, -0.05) is 13.3 Å². The average molecular weight is 450 g/mol. The summed E-state index contributed by atoms with van der Waals surface area (Å²) >= 11 is 3.34. The normalized spacial score (nSPS) is 18.4. The van der Waals surface area contributed by atoms with Crippen LogP contribution in [0.4, 0.5) is 16.4 Å². The van der Waals surface area contributed by atoms with Gasteiger partial charge in [0.25, 0.3) is 0 Å². The molecule has 0 saturated carbocycles. The summed E-state index contributed by atoms with van der Waals surface area (Å²) < 4.78 is 11.4. The zero-order valence-electron chi connectivity index (χ0n) is 16.2. The number of nitrogens with one attached hydrogen (secondary N) is 1. The van der Waals surface area contributed by atoms with E-state index in [2.05, 4.69) is 43.1 Å². The van der Waals surface area contributed by atoms with E-state index in [0.29, 0.717) is 30.5 Å². The van der Waals surface area contributed by atoms with Gasteiger partial charge in [-0.25, -0.2) is 19.7 Å². The van der Waals surface area contributed by atoms with Crippen molar-refractivity contribution in [1.82, 2.24) is 15.0 Å². The zero-order valence-corrected chi connectivity index (χ0v) is 17.8. The lowest BCUT2D eigenvalue weighted by atomic mass is 9.92. The highest BCUT2D eigenvalue weighted by Crippen LogP contribution is 2.40. The number of amides is 1. The fraction of sp³-hybridized carbons (Fsp3) is 0.474. The van der Waals surface area contributed by atoms with Gasteiger partial charge in [0.05, 0.1) is 35.6 Å². The second kappa shape index (κ2) is 9.18. The summed E-state index contributed by atoms with van der Waals surface area (Å²) in [5.41, 5.74) is 1.44. The van der Waals surface area contributed by atoms with Crippen molar-refractivity contribution in [2.75, 3.05) is 23.9 Å². The molecule has 1 amide bonds. The van der Waals surface area contributed by atoms with Gasteiger partial charge in [-0.15, -0.1) is 0 Å². The van der Waals surface area contributed by atoms with E-state index >= 15 is 0 Å². The number of halogens is 1. The SMILES string of the molecule is CCC[C@@H]1C[C@H](Nc2ncc(Br)cn2)c2nc(OC)ccc2N1C(=O)OCC. The van der Waals surface area contributed by atoms with E-state index < -0.39 is 0 Å². The topological polar surface area (TPSA) is 89.5 Å². The van der Waals surface area contributed by atoms with Crippen molar-refractivity contribution in [3.63, 3.8) is 0 Å². The smallest absolute Gasteiger partial charge is 0.414 e. The fourth-order valence-corrected chi connectivity index (χ4v) is 3.60. The number of carbonyl (C=O) groups is 1. The fourth-order valence-electron chi connectivity index (χ4n) is 3.40. The third-order valence-corrected chi connectivity index (χ3v) is 4.97. The van der Waals surface area contributed by atoms with Gasteiger partial charge in [-0.05, 0) is 41.8 Å². The molecule has 2 atom stereocenters. The van der Waals surface area contributed by atoms with Gasteiger partial charge in [0, 0.05) is 24.5 Å². The lowest BCUT2D eigenvalue weighted by molar-refractivity contribution is 0.155. The van der Waals surface area contributed by atoms with Crippen molar-refractivity contribution in [1.29, 1.82) is 0 Å². The van der Waals surface area contributed by atoms with Crippen LogP contribution in [0.5, 0.6) is 5.88 Å². The molecule has 2 aromatic rings. The van der Waals surface area contributed by atoms with Crippen molar-refractivity contribution in [2.45, 2.75) is 45.2 Å². The first-order chi connectivity index (χ1) is 13.6. The Labute approximate surface area is 172 Å². The molecule has 3 heterocycles. The summed E-state index contributed by atoms with van der Waals surface area (Å²) in [7, 11) is 1.57. The lowest BCUT2D eigenvalue weighted by Gasteiger charge is -2.39. The van der Waals surface area contributed by atoms with Crippen molar-refractivity contribution in [2.24, 2.45) is 0 Å². The van der Waals surface area contributed by atoms with E-state index in [1.807, 2.05) is 6.07 Å². The molecule has 0 radical (unpaired) electrons. The summed E-state index contributed by atoms with van der Waals surface area (Å²) in [6.45, 7) is 4.23. The van der Waals surface area contributed by atoms with E-state index in [1.165, 1.54) is 0 Å². The Hall–Kier alpha value is -2.42. The van der Waals surface area contributed by atoms with Crippen molar-refractivity contribution in [3.8, 4) is 5.88 Å². The van der Waals surface area contributed by atoms with Gasteiger partial charge in [-0.2, -0.15) is 0 Å². The van der Waals surface area contributed by atoms with Crippen molar-refractivity contribution in [3.05, 3.63) is 34.7 Å². The first-order valence-electron chi connectivity index (χ1n) is 9.32. The number of carbonyl (C=O) groups excluding carboxylic acids is 1. The number of hydrogen-bond donors (Lipinski definition) is 1. The number of aromatic nitrogens is 3. The summed E-state index contributed by atoms with van der Waals surface area (Å²) in [5.74, 6) is 0.989. The number of rotatable bonds is 6. The van der Waals surface area contributed by atoms with E-state index in [0.717, 1.165) is 23.0 Å². The van der Waals surface area contributed by atoms with E-state index in [9.17, 15) is 4.79 Å². The molecule has 0 saturated heterocycles. The molecule has 0 spiro atoms. The molecule has 9 heteroatoms. The quantitative estimate of drug-likeness (QED) is 0.701. The maximum absolute atomic E-state index is 12.7. The van der Waals surface area contributed by atoms with Crippen LogP contribution in [-0.4, -0.2) is 40.8 Å². The predicted molar refractivity (Wildman–Crippen MR) is 110 cm³/mol. The Morgan fingerprint density at radius 2 is 2.07 bits per heavy atom. The summed E-state index contributed by atoms with van der Waals surface area (Å²) in [6, 6.07) is 3.44. The van der Waals surface area contributed by atoms with Crippen LogP contribution >= 0.6 is 15.9 Å². The molecule has 0 aliphatic carbocycles. The number of anilines is 2. The molecular weight excluding hydrogens is 426 g/mol. The van der Waals surface area contributed by atoms with Crippen LogP contribution in [-0.2, 0) is 4.74 Å². The van der Waals surface area contributed by atoms with Crippen molar-refractivity contribution >= 4 is 33.7 Å². The number of nitrogens with zero attached hydrogens (tertiary/aromatic N) is 4. The highest BCUT2D eigenvalue weighted by atomic mass is 79.9. The Balaban J connectivity index is 2.01. The van der Waals surface area contributed by atoms with Gasteiger partial charge in [0.15, 0.2) is 0 Å². The standard InChI is InChI=1S/C19H24BrN5O3/c1-4-6-13-9-14(23-18-21-10-12(20)11-22-18)17-15(7-8-16(24-17)27-3)25(13)19(26)28-5-2/h7-8,10-11,13-14H,4-6,9H2,1-3H3,(H,21,22,23)/t13-,14+/m1/s1. The highest BCUT2D eigenvalue weighted by molar-refractivity contribution is 9.10. The van der Waals surface area contributed by atoms with Gasteiger partial charge in [-0.3, -0.25) is 4.90 Å². The number of ether oxygens (including phenoxy) is 2. The molecule has 1 aliphatic rings. The average Bonchev–Trinajstić information content (AvgIpc) is 2.70. The monoisotopic (exact) mass is 449 g/mol. The van der Waals surface area contributed by atoms with Crippen LogP contribution in [0.15, 0.2) is 29.0 Å². The Morgan fingerprint density at radius 3 is 2.71 bits per heavy atom. The molecule has 3 rings (SSSR count). The largest absolute Gasteiger partial charge is 0.481 e. The molecule has 8 nitrogen and oxygen atoms in total. The summed E-state index contributed by atoms with van der Waals surface area (Å²) in [4.78, 5) is 27.6. The third-order valence-electron chi connectivity index (χ3n) is 4.56. The molecule has 0 unspecified atom stereocenters. The molecule has 1 N–H and O–H groups in total. The highest BCUT2D eigenvalue weighted by Gasteiger charge is 2.38. The summed E-state index contributed by atoms with van der Waals surface area (Å²) in [6.07, 6.45) is 5.48. The molecule has 150 valence electrons. The minimum absolute atomic E-state index is 0.0142. The lowest BCUT2D eigenvalue weighted by Crippen LogP contribution is -2.46. The molecule has 0 aromatic carbocycles. The Kier molecular flexibility index (Phi) is 6.66. The minimum Gasteiger partial charge on any atom is -0.481 e. The molecule has 0 bridgehead atoms. The van der Waals surface area contributed by atoms with Crippen LogP contribution in [0.1, 0.15) is 44.8 Å². The van der Waals surface area contributed by atoms with Crippen LogP contribution in [0.2, 0.25) is 0 Å². The van der Waals surface area contributed by atoms with Crippen molar-refractivity contribution < 1.29 is 14.3 Å². The Bertz CT molecular complexity index is 818. The first kappa shape index (κ1) is 20.3. The van der Waals surface area contributed by atoms with Gasteiger partial charge in [0.2, 0.25) is 11.8 Å². The van der Waals surface area contributed by atoms with Crippen LogP contribution in [0.25, 0.3) is 0 Å². The van der Waals surface area contributed by atoms with Crippen LogP contribution in [0, 0.1) is 0 Å². The van der Waals surface area contributed by atoms with Gasteiger partial charge < -0.3 is 14.8 Å². The molecule has 2 aromatic heterocycles. The van der Waals surface area contributed by atoms with Crippen LogP contribution < -0.4 is 15.0 Å². The van der Waals surface area contributed by atoms with E-state index in [-0.39, 0.29) is 18.2 Å². The second-order valence-corrected chi connectivity index (χ2v) is 7.34. The van der Waals surface area contributed by atoms with E-state index in [4.69, 9.17) is 9.47 Å².